The summed E-state index contributed by atoms with van der Waals surface area (Å²) in [6, 6.07) is 4.90. The Morgan fingerprint density at radius 1 is 1.41 bits per heavy atom. The van der Waals surface area contributed by atoms with Crippen LogP contribution in [0.15, 0.2) is 18.2 Å². The molecule has 1 unspecified atom stereocenters. The van der Waals surface area contributed by atoms with Gasteiger partial charge >= 0.3 is 0 Å². The minimum absolute atomic E-state index is 0.0353. The fourth-order valence-corrected chi connectivity index (χ4v) is 2.45. The normalized spacial score (nSPS) is 13.4. The molecule has 0 spiro atoms. The van der Waals surface area contributed by atoms with E-state index in [-0.39, 0.29) is 11.9 Å². The van der Waals surface area contributed by atoms with E-state index in [1.165, 1.54) is 12.1 Å². The van der Waals surface area contributed by atoms with Crippen LogP contribution in [0, 0.1) is 5.82 Å². The standard InChI is InChI=1S/C13H20ClFN2/c1-4-17(9(2)3)13(8-16)11-6-5-10(15)7-12(11)14/h5-7,9,13H,4,8,16H2,1-3H3. The van der Waals surface area contributed by atoms with Crippen molar-refractivity contribution in [1.82, 2.24) is 4.90 Å². The average Bonchev–Trinajstić information content (AvgIpc) is 2.26. The first-order valence-electron chi connectivity index (χ1n) is 5.92. The molecule has 0 heterocycles. The van der Waals surface area contributed by atoms with Gasteiger partial charge in [0.05, 0.1) is 0 Å². The van der Waals surface area contributed by atoms with Crippen LogP contribution in [0.3, 0.4) is 0 Å². The van der Waals surface area contributed by atoms with E-state index in [9.17, 15) is 4.39 Å². The number of nitrogens with zero attached hydrogens (tertiary/aromatic N) is 1. The highest BCUT2D eigenvalue weighted by Crippen LogP contribution is 2.28. The highest BCUT2D eigenvalue weighted by Gasteiger charge is 2.22. The monoisotopic (exact) mass is 258 g/mol. The van der Waals surface area contributed by atoms with E-state index in [0.717, 1.165) is 12.1 Å². The van der Waals surface area contributed by atoms with Crippen LogP contribution >= 0.6 is 11.6 Å². The Balaban J connectivity index is 3.08. The smallest absolute Gasteiger partial charge is 0.124 e. The molecule has 0 radical (unpaired) electrons. The van der Waals surface area contributed by atoms with Crippen LogP contribution in [0.1, 0.15) is 32.4 Å². The maximum atomic E-state index is 13.0. The third-order valence-electron chi connectivity index (χ3n) is 2.97. The van der Waals surface area contributed by atoms with Gasteiger partial charge < -0.3 is 5.73 Å². The predicted molar refractivity (Wildman–Crippen MR) is 70.7 cm³/mol. The Bertz CT molecular complexity index is 368. The summed E-state index contributed by atoms with van der Waals surface area (Å²) in [5.74, 6) is -0.317. The number of hydrogen-bond donors (Lipinski definition) is 1. The lowest BCUT2D eigenvalue weighted by Gasteiger charge is -2.34. The maximum absolute atomic E-state index is 13.0. The zero-order chi connectivity index (χ0) is 13.0. The first kappa shape index (κ1) is 14.4. The van der Waals surface area contributed by atoms with Crippen LogP contribution < -0.4 is 5.73 Å². The molecule has 0 aromatic heterocycles. The van der Waals surface area contributed by atoms with E-state index >= 15 is 0 Å². The summed E-state index contributed by atoms with van der Waals surface area (Å²) in [4.78, 5) is 2.25. The Kier molecular flexibility index (Phi) is 5.37. The summed E-state index contributed by atoms with van der Waals surface area (Å²) in [6.45, 7) is 7.66. The molecule has 0 amide bonds. The summed E-state index contributed by atoms with van der Waals surface area (Å²) in [5.41, 5.74) is 6.73. The van der Waals surface area contributed by atoms with Crippen molar-refractivity contribution in [2.24, 2.45) is 5.73 Å². The third kappa shape index (κ3) is 3.41. The lowest BCUT2D eigenvalue weighted by atomic mass is 10.0. The van der Waals surface area contributed by atoms with Crippen molar-refractivity contribution in [1.29, 1.82) is 0 Å². The fraction of sp³-hybridized carbons (Fsp3) is 0.538. The summed E-state index contributed by atoms with van der Waals surface area (Å²) >= 11 is 6.09. The molecule has 0 saturated carbocycles. The van der Waals surface area contributed by atoms with Gasteiger partial charge in [0.15, 0.2) is 0 Å². The van der Waals surface area contributed by atoms with Crippen molar-refractivity contribution < 1.29 is 4.39 Å². The van der Waals surface area contributed by atoms with E-state index in [1.54, 1.807) is 6.07 Å². The highest BCUT2D eigenvalue weighted by molar-refractivity contribution is 6.31. The van der Waals surface area contributed by atoms with Gasteiger partial charge in [0.2, 0.25) is 0 Å². The van der Waals surface area contributed by atoms with Gasteiger partial charge in [-0.05, 0) is 38.1 Å². The molecule has 2 N–H and O–H groups in total. The highest BCUT2D eigenvalue weighted by atomic mass is 35.5. The van der Waals surface area contributed by atoms with Crippen molar-refractivity contribution in [3.8, 4) is 0 Å². The first-order chi connectivity index (χ1) is 8.01. The summed E-state index contributed by atoms with van der Waals surface area (Å²) < 4.78 is 13.0. The fourth-order valence-electron chi connectivity index (χ4n) is 2.16. The second kappa shape index (κ2) is 6.34. The topological polar surface area (TPSA) is 29.3 Å². The van der Waals surface area contributed by atoms with Gasteiger partial charge in [-0.3, -0.25) is 4.90 Å². The quantitative estimate of drug-likeness (QED) is 0.879. The Hall–Kier alpha value is -0.640. The lowest BCUT2D eigenvalue weighted by molar-refractivity contribution is 0.166. The third-order valence-corrected chi connectivity index (χ3v) is 3.30. The van der Waals surface area contributed by atoms with Crippen LogP contribution in [0.5, 0.6) is 0 Å². The molecule has 2 nitrogen and oxygen atoms in total. The van der Waals surface area contributed by atoms with Crippen LogP contribution in [0.25, 0.3) is 0 Å². The second-order valence-corrected chi connectivity index (χ2v) is 4.75. The molecule has 1 atom stereocenters. The number of rotatable bonds is 5. The Labute approximate surface area is 108 Å². The van der Waals surface area contributed by atoms with Gasteiger partial charge in [-0.25, -0.2) is 4.39 Å². The lowest BCUT2D eigenvalue weighted by Crippen LogP contribution is -2.38. The van der Waals surface area contributed by atoms with E-state index in [0.29, 0.717) is 17.6 Å². The molecule has 0 fully saturated rings. The number of nitrogens with two attached hydrogens (primary N) is 1. The summed E-state index contributed by atoms with van der Waals surface area (Å²) in [5, 5.41) is 0.444. The Morgan fingerprint density at radius 2 is 2.06 bits per heavy atom. The average molecular weight is 259 g/mol. The summed E-state index contributed by atoms with van der Waals surface area (Å²) in [7, 11) is 0. The second-order valence-electron chi connectivity index (χ2n) is 4.34. The zero-order valence-corrected chi connectivity index (χ0v) is 11.3. The zero-order valence-electron chi connectivity index (χ0n) is 10.6. The van der Waals surface area contributed by atoms with E-state index < -0.39 is 0 Å². The van der Waals surface area contributed by atoms with Gasteiger partial charge in [-0.15, -0.1) is 0 Å². The molecule has 1 rings (SSSR count). The summed E-state index contributed by atoms with van der Waals surface area (Å²) in [6.07, 6.45) is 0. The molecule has 1 aromatic rings. The Morgan fingerprint density at radius 3 is 2.47 bits per heavy atom. The molecule has 0 aliphatic rings. The minimum atomic E-state index is -0.317. The minimum Gasteiger partial charge on any atom is -0.329 e. The van der Waals surface area contributed by atoms with E-state index in [1.807, 2.05) is 0 Å². The van der Waals surface area contributed by atoms with E-state index in [4.69, 9.17) is 17.3 Å². The van der Waals surface area contributed by atoms with Gasteiger partial charge in [-0.1, -0.05) is 24.6 Å². The molecule has 0 aliphatic carbocycles. The molecular weight excluding hydrogens is 239 g/mol. The van der Waals surface area contributed by atoms with Crippen molar-refractivity contribution >= 4 is 11.6 Å². The van der Waals surface area contributed by atoms with Gasteiger partial charge in [0.25, 0.3) is 0 Å². The SMILES string of the molecule is CCN(C(C)C)C(CN)c1ccc(F)cc1Cl. The number of likely N-dealkylation sites (N-methyl/N-ethyl adjacent to an activating group) is 1. The predicted octanol–water partition coefficient (Wildman–Crippen LogP) is 3.21. The van der Waals surface area contributed by atoms with Gasteiger partial charge in [-0.2, -0.15) is 0 Å². The van der Waals surface area contributed by atoms with Gasteiger partial charge in [0, 0.05) is 23.7 Å². The molecule has 4 heteroatoms. The molecule has 0 aliphatic heterocycles. The molecular formula is C13H20ClFN2. The van der Waals surface area contributed by atoms with Gasteiger partial charge in [0.1, 0.15) is 5.82 Å². The maximum Gasteiger partial charge on any atom is 0.124 e. The van der Waals surface area contributed by atoms with Crippen molar-refractivity contribution in [2.75, 3.05) is 13.1 Å². The number of hydrogen-bond acceptors (Lipinski definition) is 2. The largest absolute Gasteiger partial charge is 0.329 e. The molecule has 0 bridgehead atoms. The molecule has 0 saturated heterocycles. The van der Waals surface area contributed by atoms with Crippen LogP contribution in [0.4, 0.5) is 4.39 Å². The molecule has 17 heavy (non-hydrogen) atoms. The first-order valence-corrected chi connectivity index (χ1v) is 6.29. The van der Waals surface area contributed by atoms with Crippen molar-refractivity contribution in [3.63, 3.8) is 0 Å². The van der Waals surface area contributed by atoms with E-state index in [2.05, 4.69) is 25.7 Å². The molecule has 1 aromatic carbocycles. The molecule has 96 valence electrons. The number of halogens is 2. The van der Waals surface area contributed by atoms with Crippen molar-refractivity contribution in [3.05, 3.63) is 34.6 Å². The van der Waals surface area contributed by atoms with Crippen molar-refractivity contribution in [2.45, 2.75) is 32.9 Å². The number of benzene rings is 1. The van der Waals surface area contributed by atoms with Crippen LogP contribution in [-0.4, -0.2) is 24.0 Å². The van der Waals surface area contributed by atoms with Crippen LogP contribution in [0.2, 0.25) is 5.02 Å². The van der Waals surface area contributed by atoms with Crippen LogP contribution in [-0.2, 0) is 0 Å².